The number of hydrogen-bond donors (Lipinski definition) is 2. The fourth-order valence-electron chi connectivity index (χ4n) is 5.27. The molecular weight excluding hydrogens is 535 g/mol. The number of rotatable bonds is 8. The van der Waals surface area contributed by atoms with Gasteiger partial charge in [0.2, 0.25) is 5.91 Å². The summed E-state index contributed by atoms with van der Waals surface area (Å²) in [4.78, 5) is 27.2. The predicted molar refractivity (Wildman–Crippen MR) is 154 cm³/mol. The number of nitrogen functional groups attached to an aromatic ring is 1. The number of nitrogens with two attached hydrogens (primary N) is 1. The van der Waals surface area contributed by atoms with Crippen molar-refractivity contribution in [3.05, 3.63) is 34.9 Å². The summed E-state index contributed by atoms with van der Waals surface area (Å²) in [5.41, 5.74) is 6.78. The number of anilines is 3. The number of likely N-dealkylation sites (tertiary alicyclic amines) is 2. The van der Waals surface area contributed by atoms with Crippen LogP contribution < -0.4 is 20.7 Å². The van der Waals surface area contributed by atoms with Crippen molar-refractivity contribution in [3.8, 4) is 6.01 Å². The first-order valence-corrected chi connectivity index (χ1v) is 14.6. The van der Waals surface area contributed by atoms with Crippen LogP contribution in [0.3, 0.4) is 0 Å². The van der Waals surface area contributed by atoms with E-state index in [2.05, 4.69) is 32.1 Å². The van der Waals surface area contributed by atoms with Gasteiger partial charge >= 0.3 is 12.2 Å². The van der Waals surface area contributed by atoms with Crippen LogP contribution in [0.25, 0.3) is 0 Å². The standard InChI is InChI=1S/C24H31F3N6O2.C5H11N/c1-2-3-10-35-23-30-21(28)20-22(31-23)33(9-6-19(34)29-20)15-17-11-16(14-32-7-4-5-8-32)12-18(13-17)24(25,26)27;1-6-4-2-3-5-6/h11-13H,2-10,14-15H2,1H3,(H,29,34)(H2,28,30,31);2-5H2,1H3. The van der Waals surface area contributed by atoms with E-state index in [1.54, 1.807) is 11.0 Å². The summed E-state index contributed by atoms with van der Waals surface area (Å²) in [5.74, 6) is 0.135. The summed E-state index contributed by atoms with van der Waals surface area (Å²) in [6.07, 6.45) is 2.36. The first-order chi connectivity index (χ1) is 19.6. The highest BCUT2D eigenvalue weighted by Crippen LogP contribution is 2.35. The summed E-state index contributed by atoms with van der Waals surface area (Å²) in [5, 5.41) is 2.72. The summed E-state index contributed by atoms with van der Waals surface area (Å²) < 4.78 is 46.8. The molecular formula is C29H42F3N7O2. The SMILES string of the molecule is CCCCOc1nc(N)c2c(n1)N(Cc1cc(CN3CCCC3)cc(C(F)(F)F)c1)CCC(=O)N2.CN1CCCC1. The number of alkyl halides is 3. The van der Waals surface area contributed by atoms with E-state index >= 15 is 0 Å². The molecule has 3 aliphatic rings. The van der Waals surface area contributed by atoms with E-state index < -0.39 is 11.7 Å². The number of nitrogens with zero attached hydrogens (tertiary/aromatic N) is 5. The highest BCUT2D eigenvalue weighted by atomic mass is 19.4. The van der Waals surface area contributed by atoms with Gasteiger partial charge < -0.3 is 25.6 Å². The van der Waals surface area contributed by atoms with Crippen molar-refractivity contribution in [2.24, 2.45) is 0 Å². The number of benzene rings is 1. The quantitative estimate of drug-likeness (QED) is 0.427. The van der Waals surface area contributed by atoms with E-state index in [0.717, 1.165) is 44.8 Å². The van der Waals surface area contributed by atoms with Crippen LogP contribution in [-0.4, -0.2) is 72.1 Å². The third-order valence-electron chi connectivity index (χ3n) is 7.49. The Bertz CT molecular complexity index is 1170. The van der Waals surface area contributed by atoms with Crippen molar-refractivity contribution in [1.29, 1.82) is 0 Å². The Kier molecular flexibility index (Phi) is 10.7. The molecule has 3 N–H and O–H groups in total. The second kappa shape index (κ2) is 14.2. The van der Waals surface area contributed by atoms with Crippen molar-refractivity contribution in [3.63, 3.8) is 0 Å². The zero-order valence-electron chi connectivity index (χ0n) is 24.1. The number of aromatic nitrogens is 2. The number of fused-ring (bicyclic) bond motifs is 1. The Labute approximate surface area is 240 Å². The lowest BCUT2D eigenvalue weighted by Gasteiger charge is -2.25. The zero-order valence-corrected chi connectivity index (χ0v) is 24.1. The van der Waals surface area contributed by atoms with Gasteiger partial charge in [0.05, 0.1) is 12.2 Å². The number of ether oxygens (including phenoxy) is 1. The molecule has 5 rings (SSSR count). The van der Waals surface area contributed by atoms with E-state index in [0.29, 0.717) is 30.1 Å². The minimum atomic E-state index is -4.46. The molecule has 2 saturated heterocycles. The van der Waals surface area contributed by atoms with E-state index in [-0.39, 0.29) is 42.9 Å². The fraction of sp³-hybridized carbons (Fsp3) is 0.621. The summed E-state index contributed by atoms with van der Waals surface area (Å²) >= 11 is 0. The monoisotopic (exact) mass is 577 g/mol. The van der Waals surface area contributed by atoms with Crippen molar-refractivity contribution in [2.45, 2.75) is 71.1 Å². The van der Waals surface area contributed by atoms with Crippen LogP contribution >= 0.6 is 0 Å². The highest BCUT2D eigenvalue weighted by Gasteiger charge is 2.32. The Morgan fingerprint density at radius 3 is 2.24 bits per heavy atom. The molecule has 0 aliphatic carbocycles. The minimum Gasteiger partial charge on any atom is -0.463 e. The van der Waals surface area contributed by atoms with Gasteiger partial charge in [-0.2, -0.15) is 23.1 Å². The average Bonchev–Trinajstić information content (AvgIpc) is 3.59. The molecule has 0 bridgehead atoms. The molecule has 9 nitrogen and oxygen atoms in total. The molecule has 226 valence electrons. The Morgan fingerprint density at radius 1 is 0.976 bits per heavy atom. The van der Waals surface area contributed by atoms with Crippen LogP contribution in [0.4, 0.5) is 30.5 Å². The molecule has 1 aromatic carbocycles. The Morgan fingerprint density at radius 2 is 1.63 bits per heavy atom. The molecule has 1 amide bonds. The predicted octanol–water partition coefficient (Wildman–Crippen LogP) is 4.91. The molecule has 0 radical (unpaired) electrons. The lowest BCUT2D eigenvalue weighted by molar-refractivity contribution is -0.137. The molecule has 12 heteroatoms. The van der Waals surface area contributed by atoms with E-state index in [9.17, 15) is 18.0 Å². The average molecular weight is 578 g/mol. The molecule has 0 unspecified atom stereocenters. The van der Waals surface area contributed by atoms with Gasteiger partial charge in [0.25, 0.3) is 0 Å². The molecule has 2 fully saturated rings. The van der Waals surface area contributed by atoms with Crippen molar-refractivity contribution in [2.75, 3.05) is 62.3 Å². The van der Waals surface area contributed by atoms with Crippen LogP contribution in [-0.2, 0) is 24.1 Å². The van der Waals surface area contributed by atoms with Crippen LogP contribution in [0.1, 0.15) is 68.6 Å². The molecule has 1 aromatic heterocycles. The van der Waals surface area contributed by atoms with Crippen molar-refractivity contribution in [1.82, 2.24) is 19.8 Å². The van der Waals surface area contributed by atoms with Gasteiger partial charge in [0.1, 0.15) is 5.69 Å². The van der Waals surface area contributed by atoms with Gasteiger partial charge in [-0.3, -0.25) is 9.69 Å². The summed E-state index contributed by atoms with van der Waals surface area (Å²) in [6.45, 7) is 7.71. The van der Waals surface area contributed by atoms with Gasteiger partial charge in [0, 0.05) is 26.1 Å². The molecule has 4 heterocycles. The zero-order chi connectivity index (χ0) is 29.4. The first kappa shape index (κ1) is 30.8. The van der Waals surface area contributed by atoms with Crippen molar-refractivity contribution < 1.29 is 22.7 Å². The third-order valence-corrected chi connectivity index (χ3v) is 7.49. The van der Waals surface area contributed by atoms with Gasteiger partial charge in [-0.05, 0) is 88.6 Å². The fourth-order valence-corrected chi connectivity index (χ4v) is 5.27. The number of hydrogen-bond acceptors (Lipinski definition) is 8. The van der Waals surface area contributed by atoms with E-state index in [1.807, 2.05) is 6.92 Å². The van der Waals surface area contributed by atoms with Gasteiger partial charge in [0.15, 0.2) is 11.6 Å². The largest absolute Gasteiger partial charge is 0.463 e. The minimum absolute atomic E-state index is 0.0560. The number of carbonyl (C=O) groups excluding carboxylic acids is 1. The van der Waals surface area contributed by atoms with Crippen LogP contribution in [0.2, 0.25) is 0 Å². The number of halogens is 3. The summed E-state index contributed by atoms with van der Waals surface area (Å²) in [6, 6.07) is 4.27. The highest BCUT2D eigenvalue weighted by molar-refractivity contribution is 5.98. The first-order valence-electron chi connectivity index (χ1n) is 14.6. The lowest BCUT2D eigenvalue weighted by atomic mass is 10.0. The number of nitrogens with one attached hydrogen (secondary N) is 1. The van der Waals surface area contributed by atoms with Crippen LogP contribution in [0.15, 0.2) is 18.2 Å². The normalized spacial score (nSPS) is 18.0. The smallest absolute Gasteiger partial charge is 0.416 e. The van der Waals surface area contributed by atoms with E-state index in [4.69, 9.17) is 10.5 Å². The number of carbonyl (C=O) groups is 1. The molecule has 0 spiro atoms. The maximum Gasteiger partial charge on any atom is 0.416 e. The maximum absolute atomic E-state index is 13.7. The Balaban J connectivity index is 0.000000572. The van der Waals surface area contributed by atoms with Crippen LogP contribution in [0.5, 0.6) is 6.01 Å². The topological polar surface area (TPSA) is 99.8 Å². The molecule has 0 atom stereocenters. The summed E-state index contributed by atoms with van der Waals surface area (Å²) in [7, 11) is 2.17. The van der Waals surface area contributed by atoms with Crippen LogP contribution in [0, 0.1) is 0 Å². The Hall–Kier alpha value is -3.12. The van der Waals surface area contributed by atoms with Gasteiger partial charge in [-0.15, -0.1) is 0 Å². The maximum atomic E-state index is 13.7. The molecule has 3 aliphatic heterocycles. The second-order valence-corrected chi connectivity index (χ2v) is 11.0. The van der Waals surface area contributed by atoms with Gasteiger partial charge in [-0.1, -0.05) is 19.4 Å². The van der Waals surface area contributed by atoms with E-state index in [1.165, 1.54) is 32.0 Å². The lowest BCUT2D eigenvalue weighted by Crippen LogP contribution is -2.26. The molecule has 0 saturated carbocycles. The molecule has 41 heavy (non-hydrogen) atoms. The molecule has 2 aromatic rings. The number of amides is 1. The van der Waals surface area contributed by atoms with Crippen molar-refractivity contribution >= 4 is 23.2 Å². The van der Waals surface area contributed by atoms with Gasteiger partial charge in [-0.25, -0.2) is 0 Å². The number of unbranched alkanes of at least 4 members (excludes halogenated alkanes) is 1. The second-order valence-electron chi connectivity index (χ2n) is 11.0. The third kappa shape index (κ3) is 8.93.